The first-order valence-corrected chi connectivity index (χ1v) is 9.66. The Hall–Kier alpha value is -3.52. The molecule has 0 bridgehead atoms. The van der Waals surface area contributed by atoms with Gasteiger partial charge in [0.2, 0.25) is 11.7 Å². The van der Waals surface area contributed by atoms with Gasteiger partial charge >= 0.3 is 0 Å². The van der Waals surface area contributed by atoms with Gasteiger partial charge in [0.25, 0.3) is 0 Å². The number of carbonyl (C=O) groups excluding carboxylic acids is 1. The summed E-state index contributed by atoms with van der Waals surface area (Å²) >= 11 is 0. The number of rotatable bonds is 8. The van der Waals surface area contributed by atoms with Crippen LogP contribution in [0, 0.1) is 13.8 Å². The number of methoxy groups -OCH3 is 1. The molecule has 0 atom stereocenters. The van der Waals surface area contributed by atoms with Crippen LogP contribution in [-0.4, -0.2) is 50.4 Å². The molecule has 3 aromatic heterocycles. The summed E-state index contributed by atoms with van der Waals surface area (Å²) in [7, 11) is 1.66. The molecule has 0 N–H and O–H groups in total. The van der Waals surface area contributed by atoms with Crippen LogP contribution < -0.4 is 4.74 Å². The molecule has 0 saturated carbocycles. The molecule has 4 aromatic rings. The molecule has 0 aliphatic carbocycles. The summed E-state index contributed by atoms with van der Waals surface area (Å²) in [4.78, 5) is 21.3. The van der Waals surface area contributed by atoms with Gasteiger partial charge in [-0.25, -0.2) is 14.6 Å². The van der Waals surface area contributed by atoms with Crippen molar-refractivity contribution in [3.63, 3.8) is 0 Å². The molecule has 0 amide bonds. The summed E-state index contributed by atoms with van der Waals surface area (Å²) in [5, 5.41) is 5.06. The van der Waals surface area contributed by atoms with E-state index in [1.165, 1.54) is 6.33 Å². The average molecular weight is 405 g/mol. The van der Waals surface area contributed by atoms with Crippen molar-refractivity contribution in [3.05, 3.63) is 65.9 Å². The number of aromatic nitrogens is 5. The van der Waals surface area contributed by atoms with Crippen LogP contribution in [0.3, 0.4) is 0 Å². The molecular formula is C22H23N5O3. The lowest BCUT2D eigenvalue weighted by Crippen LogP contribution is -2.14. The number of para-hydroxylation sites is 1. The second-order valence-electron chi connectivity index (χ2n) is 6.95. The Morgan fingerprint density at radius 2 is 1.93 bits per heavy atom. The van der Waals surface area contributed by atoms with Gasteiger partial charge in [-0.2, -0.15) is 5.10 Å². The number of hydrogen-bond donors (Lipinski definition) is 0. The highest BCUT2D eigenvalue weighted by atomic mass is 16.5. The maximum absolute atomic E-state index is 12.8. The van der Waals surface area contributed by atoms with Crippen LogP contribution in [0.5, 0.6) is 5.88 Å². The standard InChI is InChI=1S/C22H23N5O3/c1-15-11-18(16(2)26(15)9-10-29-3)20(28)13-30-22-19-12-25-27(21(19)23-14-24-22)17-7-5-4-6-8-17/h4-8,11-12,14H,9-10,13H2,1-3H3. The number of carbonyl (C=O) groups is 1. The highest BCUT2D eigenvalue weighted by Crippen LogP contribution is 2.24. The fraction of sp³-hybridized carbons (Fsp3) is 0.273. The van der Waals surface area contributed by atoms with Gasteiger partial charge in [-0.1, -0.05) is 18.2 Å². The summed E-state index contributed by atoms with van der Waals surface area (Å²) in [6, 6.07) is 11.6. The van der Waals surface area contributed by atoms with Crippen molar-refractivity contribution in [3.8, 4) is 11.6 Å². The molecule has 30 heavy (non-hydrogen) atoms. The number of ketones is 1. The van der Waals surface area contributed by atoms with Crippen LogP contribution in [0.1, 0.15) is 21.7 Å². The summed E-state index contributed by atoms with van der Waals surface area (Å²) in [6.45, 7) is 5.09. The Balaban J connectivity index is 1.55. The molecule has 154 valence electrons. The first-order chi connectivity index (χ1) is 14.6. The van der Waals surface area contributed by atoms with Crippen molar-refractivity contribution in [2.75, 3.05) is 20.3 Å². The van der Waals surface area contributed by atoms with Gasteiger partial charge in [0.15, 0.2) is 12.3 Å². The quantitative estimate of drug-likeness (QED) is 0.419. The predicted octanol–water partition coefficient (Wildman–Crippen LogP) is 3.14. The van der Waals surface area contributed by atoms with Crippen molar-refractivity contribution >= 4 is 16.8 Å². The Morgan fingerprint density at radius 1 is 1.13 bits per heavy atom. The fourth-order valence-corrected chi connectivity index (χ4v) is 3.52. The van der Waals surface area contributed by atoms with E-state index < -0.39 is 0 Å². The monoisotopic (exact) mass is 405 g/mol. The molecule has 0 fully saturated rings. The Labute approximate surface area is 174 Å². The van der Waals surface area contributed by atoms with Gasteiger partial charge in [-0.15, -0.1) is 0 Å². The van der Waals surface area contributed by atoms with E-state index in [0.717, 1.165) is 17.1 Å². The number of benzene rings is 1. The Kier molecular flexibility index (Phi) is 5.58. The second-order valence-corrected chi connectivity index (χ2v) is 6.95. The molecule has 1 aromatic carbocycles. The molecule has 0 unspecified atom stereocenters. The van der Waals surface area contributed by atoms with Gasteiger partial charge in [-0.3, -0.25) is 4.79 Å². The lowest BCUT2D eigenvalue weighted by molar-refractivity contribution is 0.0918. The Morgan fingerprint density at radius 3 is 2.70 bits per heavy atom. The van der Waals surface area contributed by atoms with E-state index in [0.29, 0.717) is 35.6 Å². The average Bonchev–Trinajstić information content (AvgIpc) is 3.32. The van der Waals surface area contributed by atoms with E-state index in [2.05, 4.69) is 19.6 Å². The topological polar surface area (TPSA) is 84.1 Å². The van der Waals surface area contributed by atoms with Crippen molar-refractivity contribution in [1.29, 1.82) is 0 Å². The zero-order valence-electron chi connectivity index (χ0n) is 17.2. The van der Waals surface area contributed by atoms with E-state index in [9.17, 15) is 4.79 Å². The van der Waals surface area contributed by atoms with Crippen LogP contribution in [-0.2, 0) is 11.3 Å². The van der Waals surface area contributed by atoms with Crippen molar-refractivity contribution in [1.82, 2.24) is 24.3 Å². The van der Waals surface area contributed by atoms with E-state index in [1.807, 2.05) is 50.2 Å². The predicted molar refractivity (Wildman–Crippen MR) is 112 cm³/mol. The van der Waals surface area contributed by atoms with Gasteiger partial charge in [0, 0.05) is 30.6 Å². The molecule has 0 radical (unpaired) electrons. The maximum Gasteiger partial charge on any atom is 0.228 e. The van der Waals surface area contributed by atoms with Crippen LogP contribution in [0.2, 0.25) is 0 Å². The third-order valence-corrected chi connectivity index (χ3v) is 5.06. The summed E-state index contributed by atoms with van der Waals surface area (Å²) < 4.78 is 14.7. The largest absolute Gasteiger partial charge is 0.469 e. The maximum atomic E-state index is 12.8. The first-order valence-electron chi connectivity index (χ1n) is 9.66. The van der Waals surface area contributed by atoms with Crippen LogP contribution in [0.25, 0.3) is 16.7 Å². The fourth-order valence-electron chi connectivity index (χ4n) is 3.52. The minimum atomic E-state index is -0.114. The molecule has 0 aliphatic heterocycles. The van der Waals surface area contributed by atoms with Crippen LogP contribution >= 0.6 is 0 Å². The minimum absolute atomic E-state index is 0.103. The second kappa shape index (κ2) is 8.46. The molecule has 8 heteroatoms. The first kappa shape index (κ1) is 19.8. The highest BCUT2D eigenvalue weighted by molar-refractivity contribution is 5.98. The van der Waals surface area contributed by atoms with Gasteiger partial charge in [-0.05, 0) is 32.0 Å². The van der Waals surface area contributed by atoms with E-state index in [4.69, 9.17) is 9.47 Å². The number of ether oxygens (including phenoxy) is 2. The van der Waals surface area contributed by atoms with Gasteiger partial charge in [0.05, 0.1) is 18.5 Å². The summed E-state index contributed by atoms with van der Waals surface area (Å²) in [5.41, 5.74) is 4.08. The molecule has 0 saturated heterocycles. The van der Waals surface area contributed by atoms with Gasteiger partial charge < -0.3 is 14.0 Å². The van der Waals surface area contributed by atoms with E-state index >= 15 is 0 Å². The zero-order valence-corrected chi connectivity index (χ0v) is 17.2. The van der Waals surface area contributed by atoms with Crippen LogP contribution in [0.15, 0.2) is 48.9 Å². The highest BCUT2D eigenvalue weighted by Gasteiger charge is 2.18. The van der Waals surface area contributed by atoms with E-state index in [1.54, 1.807) is 18.0 Å². The smallest absolute Gasteiger partial charge is 0.228 e. The van der Waals surface area contributed by atoms with Crippen molar-refractivity contribution in [2.45, 2.75) is 20.4 Å². The normalized spacial score (nSPS) is 11.2. The van der Waals surface area contributed by atoms with Gasteiger partial charge in [0.1, 0.15) is 11.7 Å². The molecule has 3 heterocycles. The lowest BCUT2D eigenvalue weighted by atomic mass is 10.1. The summed E-state index contributed by atoms with van der Waals surface area (Å²) in [5.74, 6) is 0.234. The molecular weight excluding hydrogens is 382 g/mol. The molecule has 0 spiro atoms. The number of hydrogen-bond acceptors (Lipinski definition) is 6. The van der Waals surface area contributed by atoms with Crippen molar-refractivity contribution < 1.29 is 14.3 Å². The van der Waals surface area contributed by atoms with Crippen molar-refractivity contribution in [2.24, 2.45) is 0 Å². The SMILES string of the molecule is COCCn1c(C)cc(C(=O)COc2ncnc3c2cnn3-c2ccccc2)c1C. The molecule has 0 aliphatic rings. The van der Waals surface area contributed by atoms with Crippen LogP contribution in [0.4, 0.5) is 0 Å². The van der Waals surface area contributed by atoms with E-state index in [-0.39, 0.29) is 12.4 Å². The number of nitrogens with zero attached hydrogens (tertiary/aromatic N) is 5. The third kappa shape index (κ3) is 3.69. The third-order valence-electron chi connectivity index (χ3n) is 5.06. The minimum Gasteiger partial charge on any atom is -0.469 e. The molecule has 8 nitrogen and oxygen atoms in total. The number of Topliss-reactive ketones (excluding diaryl/α,β-unsaturated/α-hetero) is 1. The number of fused-ring (bicyclic) bond motifs is 1. The Bertz CT molecular complexity index is 1180. The lowest BCUT2D eigenvalue weighted by Gasteiger charge is -2.09. The summed E-state index contributed by atoms with van der Waals surface area (Å²) in [6.07, 6.45) is 3.07. The zero-order chi connectivity index (χ0) is 21.1. The molecule has 4 rings (SSSR count). The number of aryl methyl sites for hydroxylation is 1.